The Hall–Kier alpha value is -0.0900. The summed E-state index contributed by atoms with van der Waals surface area (Å²) in [6.45, 7) is 2.46. The van der Waals surface area contributed by atoms with Crippen molar-refractivity contribution in [2.75, 3.05) is 6.61 Å². The molecule has 6 atom stereocenters. The molecule has 1 fully saturated rings. The first-order valence-electron chi connectivity index (χ1n) is 5.75. The number of phosphoric acid groups is 1. The van der Waals surface area contributed by atoms with E-state index in [0.29, 0.717) is 0 Å². The zero-order valence-corrected chi connectivity index (χ0v) is 11.5. The lowest BCUT2D eigenvalue weighted by Gasteiger charge is -2.40. The summed E-state index contributed by atoms with van der Waals surface area (Å²) in [7, 11) is -4.42. The van der Waals surface area contributed by atoms with E-state index in [0.717, 1.165) is 0 Å². The maximum absolute atomic E-state index is 11.6. The summed E-state index contributed by atoms with van der Waals surface area (Å²) in [5.41, 5.74) is 5.54. The molecule has 6 N–H and O–H groups in total. The molecule has 3 unspecified atom stereocenters. The monoisotopic (exact) mass is 301 g/mol. The quantitative estimate of drug-likeness (QED) is 0.374. The van der Waals surface area contributed by atoms with Gasteiger partial charge >= 0.3 is 7.82 Å². The van der Waals surface area contributed by atoms with E-state index in [1.165, 1.54) is 13.8 Å². The molecule has 1 heterocycles. The summed E-state index contributed by atoms with van der Waals surface area (Å²) in [6, 6.07) is -1.26. The molecule has 19 heavy (non-hydrogen) atoms. The van der Waals surface area contributed by atoms with Gasteiger partial charge in [0.1, 0.15) is 18.3 Å². The molecule has 0 spiro atoms. The first kappa shape index (κ1) is 17.0. The number of ether oxygens (including phenoxy) is 1. The number of aliphatic hydroxyl groups excluding tert-OH is 3. The summed E-state index contributed by atoms with van der Waals surface area (Å²) < 4.78 is 26.0. The summed E-state index contributed by atoms with van der Waals surface area (Å²) in [6.07, 6.45) is -6.09. The minimum Gasteiger partial charge on any atom is -0.394 e. The highest BCUT2D eigenvalue weighted by molar-refractivity contribution is 7.47. The molecule has 1 saturated heterocycles. The van der Waals surface area contributed by atoms with E-state index in [1.54, 1.807) is 0 Å². The van der Waals surface area contributed by atoms with Crippen molar-refractivity contribution in [2.24, 2.45) is 5.73 Å². The summed E-state index contributed by atoms with van der Waals surface area (Å²) in [5.74, 6) is 0. The van der Waals surface area contributed by atoms with E-state index in [9.17, 15) is 19.7 Å². The Morgan fingerprint density at radius 1 is 1.37 bits per heavy atom. The van der Waals surface area contributed by atoms with Gasteiger partial charge in [0.25, 0.3) is 0 Å². The zero-order valence-electron chi connectivity index (χ0n) is 10.6. The van der Waals surface area contributed by atoms with Crippen molar-refractivity contribution in [3.8, 4) is 0 Å². The Morgan fingerprint density at radius 3 is 2.42 bits per heavy atom. The van der Waals surface area contributed by atoms with Crippen molar-refractivity contribution in [3.05, 3.63) is 0 Å². The Kier molecular flexibility index (Phi) is 5.87. The number of aliphatic hydroxyl groups is 3. The minimum atomic E-state index is -4.42. The molecule has 1 rings (SSSR count). The molecular formula is C9H20NO8P. The second kappa shape index (κ2) is 6.57. The molecule has 9 nitrogen and oxygen atoms in total. The van der Waals surface area contributed by atoms with E-state index < -0.39 is 51.2 Å². The normalized spacial score (nSPS) is 39.3. The van der Waals surface area contributed by atoms with Gasteiger partial charge in [0.15, 0.2) is 6.29 Å². The first-order chi connectivity index (χ1) is 8.68. The van der Waals surface area contributed by atoms with Gasteiger partial charge in [-0.1, -0.05) is 0 Å². The predicted octanol–water partition coefficient (Wildman–Crippen LogP) is -1.71. The van der Waals surface area contributed by atoms with Crippen LogP contribution in [0.4, 0.5) is 0 Å². The van der Waals surface area contributed by atoms with E-state index in [4.69, 9.17) is 20.1 Å². The van der Waals surface area contributed by atoms with Gasteiger partial charge in [-0.15, -0.1) is 0 Å². The van der Waals surface area contributed by atoms with Crippen molar-refractivity contribution in [2.45, 2.75) is 50.6 Å². The molecule has 0 aromatic carbocycles. The molecule has 1 aliphatic heterocycles. The second-order valence-corrected chi connectivity index (χ2v) is 5.87. The first-order valence-corrected chi connectivity index (χ1v) is 7.25. The highest BCUT2D eigenvalue weighted by Crippen LogP contribution is 2.47. The smallest absolute Gasteiger partial charge is 0.394 e. The number of hydrogen-bond acceptors (Lipinski definition) is 8. The maximum atomic E-state index is 11.6. The third-order valence-electron chi connectivity index (χ3n) is 2.51. The topological polar surface area (TPSA) is 152 Å². The second-order valence-electron chi connectivity index (χ2n) is 4.51. The fraction of sp³-hybridized carbons (Fsp3) is 1.00. The number of phosphoric ester groups is 1. The molecule has 0 radical (unpaired) electrons. The lowest BCUT2D eigenvalue weighted by atomic mass is 9.98. The van der Waals surface area contributed by atoms with Crippen molar-refractivity contribution in [1.82, 2.24) is 0 Å². The van der Waals surface area contributed by atoms with Crippen LogP contribution < -0.4 is 5.73 Å². The van der Waals surface area contributed by atoms with E-state index in [2.05, 4.69) is 4.52 Å². The van der Waals surface area contributed by atoms with Gasteiger partial charge < -0.3 is 30.7 Å². The average molecular weight is 301 g/mol. The Labute approximate surface area is 110 Å². The molecule has 0 aromatic heterocycles. The van der Waals surface area contributed by atoms with Crippen LogP contribution >= 0.6 is 7.82 Å². The summed E-state index contributed by atoms with van der Waals surface area (Å²) in [4.78, 5) is 9.43. The van der Waals surface area contributed by atoms with E-state index >= 15 is 0 Å². The number of rotatable bonds is 5. The molecule has 10 heteroatoms. The number of hydrogen-bond donors (Lipinski definition) is 5. The van der Waals surface area contributed by atoms with Gasteiger partial charge in [0, 0.05) is 0 Å². The van der Waals surface area contributed by atoms with Gasteiger partial charge in [-0.05, 0) is 13.8 Å². The van der Waals surface area contributed by atoms with Crippen LogP contribution in [-0.2, 0) is 18.3 Å². The van der Waals surface area contributed by atoms with Gasteiger partial charge in [0.2, 0.25) is 0 Å². The van der Waals surface area contributed by atoms with Crippen LogP contribution in [0.2, 0.25) is 0 Å². The molecule has 0 aromatic rings. The third-order valence-corrected chi connectivity index (χ3v) is 3.67. The zero-order chi connectivity index (χ0) is 14.8. The molecule has 114 valence electrons. The SMILES string of the molecule is CC(C)OP(=O)(O)O[C@H]1OC(CO)[C@H](O)[C@H](O)C1N. The Bertz CT molecular complexity index is 338. The fourth-order valence-electron chi connectivity index (χ4n) is 1.62. The predicted molar refractivity (Wildman–Crippen MR) is 62.9 cm³/mol. The van der Waals surface area contributed by atoms with Crippen LogP contribution in [0.25, 0.3) is 0 Å². The molecule has 0 amide bonds. The Balaban J connectivity index is 2.74. The molecule has 0 bridgehead atoms. The lowest BCUT2D eigenvalue weighted by Crippen LogP contribution is -2.62. The van der Waals surface area contributed by atoms with Crippen LogP contribution in [0.5, 0.6) is 0 Å². The van der Waals surface area contributed by atoms with Crippen molar-refractivity contribution in [1.29, 1.82) is 0 Å². The van der Waals surface area contributed by atoms with Crippen LogP contribution in [0, 0.1) is 0 Å². The van der Waals surface area contributed by atoms with Gasteiger partial charge in [-0.25, -0.2) is 4.57 Å². The third kappa shape index (κ3) is 4.45. The fourth-order valence-corrected chi connectivity index (χ4v) is 2.66. The van der Waals surface area contributed by atoms with E-state index in [1.807, 2.05) is 0 Å². The van der Waals surface area contributed by atoms with E-state index in [-0.39, 0.29) is 0 Å². The van der Waals surface area contributed by atoms with Crippen LogP contribution in [0.15, 0.2) is 0 Å². The summed E-state index contributed by atoms with van der Waals surface area (Å²) >= 11 is 0. The Morgan fingerprint density at radius 2 is 1.95 bits per heavy atom. The maximum Gasteiger partial charge on any atom is 0.474 e. The van der Waals surface area contributed by atoms with Crippen molar-refractivity contribution >= 4 is 7.82 Å². The average Bonchev–Trinajstić information content (AvgIpc) is 2.28. The highest BCUT2D eigenvalue weighted by atomic mass is 31.2. The van der Waals surface area contributed by atoms with Crippen LogP contribution in [0.3, 0.4) is 0 Å². The molecule has 1 aliphatic rings. The van der Waals surface area contributed by atoms with Crippen LogP contribution in [0.1, 0.15) is 13.8 Å². The summed E-state index contributed by atoms with van der Waals surface area (Å²) in [5, 5.41) is 28.1. The molecule has 0 aliphatic carbocycles. The van der Waals surface area contributed by atoms with Gasteiger partial charge in [-0.3, -0.25) is 9.05 Å². The van der Waals surface area contributed by atoms with Crippen LogP contribution in [-0.4, -0.2) is 63.6 Å². The van der Waals surface area contributed by atoms with Crippen molar-refractivity contribution in [3.63, 3.8) is 0 Å². The largest absolute Gasteiger partial charge is 0.474 e. The minimum absolute atomic E-state index is 0.570. The number of nitrogens with two attached hydrogens (primary N) is 1. The van der Waals surface area contributed by atoms with Gasteiger partial charge in [0.05, 0.1) is 18.8 Å². The highest BCUT2D eigenvalue weighted by Gasteiger charge is 2.45. The molecular weight excluding hydrogens is 281 g/mol. The lowest BCUT2D eigenvalue weighted by molar-refractivity contribution is -0.243. The molecule has 0 saturated carbocycles. The van der Waals surface area contributed by atoms with Crippen molar-refractivity contribution < 1.29 is 38.6 Å². The standard InChI is InChI=1S/C9H20NO8P/c1-4(2)17-19(14,15)18-9-6(10)8(13)7(12)5(3-11)16-9/h4-9,11-13H,3,10H2,1-2H3,(H,14,15)/t5?,6?,7-,8+,9+/m0/s1. The van der Waals surface area contributed by atoms with Gasteiger partial charge in [-0.2, -0.15) is 0 Å².